The number of aliphatic hydroxyl groups excluding tert-OH is 1. The average molecular weight is 256 g/mol. The second kappa shape index (κ2) is 8.85. The van der Waals surface area contributed by atoms with Crippen molar-refractivity contribution >= 4 is 10.4 Å². The Kier molecular flexibility index (Phi) is 8.71. The van der Waals surface area contributed by atoms with Gasteiger partial charge in [-0.3, -0.25) is 9.45 Å². The first-order valence-electron chi connectivity index (χ1n) is 5.15. The zero-order chi connectivity index (χ0) is 12.4. The van der Waals surface area contributed by atoms with E-state index in [0.717, 1.165) is 32.7 Å². The van der Waals surface area contributed by atoms with E-state index in [-0.39, 0.29) is 6.61 Å². The second-order valence-electron chi connectivity index (χ2n) is 3.15. The van der Waals surface area contributed by atoms with E-state index >= 15 is 0 Å². The fourth-order valence-electron chi connectivity index (χ4n) is 1.23. The topological polar surface area (TPSA) is 99.1 Å². The molecule has 1 aliphatic heterocycles. The van der Waals surface area contributed by atoms with Gasteiger partial charge in [-0.15, -0.1) is 0 Å². The molecule has 0 atom stereocenters. The highest BCUT2D eigenvalue weighted by Crippen LogP contribution is 1.88. The summed E-state index contributed by atoms with van der Waals surface area (Å²) in [4.78, 5) is 2.26. The molecule has 0 aromatic carbocycles. The minimum absolute atomic E-state index is 0.0289. The summed E-state index contributed by atoms with van der Waals surface area (Å²) < 4.78 is 30.7. The van der Waals surface area contributed by atoms with Crippen molar-refractivity contribution in [1.29, 1.82) is 0 Å². The van der Waals surface area contributed by atoms with Gasteiger partial charge in [0.1, 0.15) is 0 Å². The van der Waals surface area contributed by atoms with Crippen molar-refractivity contribution in [3.63, 3.8) is 0 Å². The van der Waals surface area contributed by atoms with E-state index in [4.69, 9.17) is 9.66 Å². The highest BCUT2D eigenvalue weighted by atomic mass is 32.3. The molecule has 0 unspecified atom stereocenters. The first-order valence-corrected chi connectivity index (χ1v) is 6.52. The third-order valence-electron chi connectivity index (χ3n) is 1.89. The fraction of sp³-hybridized carbons (Fsp3) is 1.00. The van der Waals surface area contributed by atoms with Gasteiger partial charge in [-0.1, -0.05) is 0 Å². The molecule has 16 heavy (non-hydrogen) atoms. The van der Waals surface area contributed by atoms with Crippen LogP contribution in [0.4, 0.5) is 0 Å². The number of rotatable bonds is 4. The van der Waals surface area contributed by atoms with E-state index in [2.05, 4.69) is 14.4 Å². The molecule has 1 aliphatic rings. The largest absolute Gasteiger partial charge is 0.397 e. The summed E-state index contributed by atoms with van der Waals surface area (Å²) in [7, 11) is -4.17. The van der Waals surface area contributed by atoms with Crippen LogP contribution in [0.1, 0.15) is 6.92 Å². The molecular formula is C8H20N2O5S. The Morgan fingerprint density at radius 1 is 1.38 bits per heavy atom. The van der Waals surface area contributed by atoms with Crippen LogP contribution in [0.5, 0.6) is 0 Å². The zero-order valence-corrected chi connectivity index (χ0v) is 10.2. The van der Waals surface area contributed by atoms with Crippen LogP contribution in [-0.4, -0.2) is 68.9 Å². The molecule has 0 radical (unpaired) electrons. The Labute approximate surface area is 96.3 Å². The molecule has 8 heteroatoms. The molecule has 1 saturated heterocycles. The third kappa shape index (κ3) is 10.3. The Balaban J connectivity index is 0.000000293. The molecule has 98 valence electrons. The highest BCUT2D eigenvalue weighted by Gasteiger charge is 2.06. The number of aliphatic hydroxyl groups is 1. The van der Waals surface area contributed by atoms with Gasteiger partial charge in [0.05, 0.1) is 13.2 Å². The maximum absolute atomic E-state index is 9.56. The van der Waals surface area contributed by atoms with Gasteiger partial charge in [0.15, 0.2) is 0 Å². The zero-order valence-electron chi connectivity index (χ0n) is 9.42. The van der Waals surface area contributed by atoms with Gasteiger partial charge in [-0.05, 0) is 6.92 Å². The molecule has 0 aliphatic carbocycles. The second-order valence-corrected chi connectivity index (χ2v) is 4.24. The van der Waals surface area contributed by atoms with E-state index < -0.39 is 10.4 Å². The smallest absolute Gasteiger partial charge is 0.395 e. The first-order chi connectivity index (χ1) is 7.49. The van der Waals surface area contributed by atoms with E-state index in [1.807, 2.05) is 0 Å². The minimum atomic E-state index is -4.17. The number of hydrogen-bond acceptors (Lipinski definition) is 6. The summed E-state index contributed by atoms with van der Waals surface area (Å²) >= 11 is 0. The molecule has 0 spiro atoms. The fourth-order valence-corrected chi connectivity index (χ4v) is 1.52. The van der Waals surface area contributed by atoms with E-state index in [1.165, 1.54) is 6.92 Å². The van der Waals surface area contributed by atoms with Crippen molar-refractivity contribution in [1.82, 2.24) is 10.2 Å². The summed E-state index contributed by atoms with van der Waals surface area (Å²) in [6, 6.07) is 0. The molecule has 0 saturated carbocycles. The maximum atomic E-state index is 9.56. The molecule has 0 aromatic rings. The van der Waals surface area contributed by atoms with Crippen LogP contribution in [0.15, 0.2) is 0 Å². The Morgan fingerprint density at radius 3 is 2.25 bits per heavy atom. The Morgan fingerprint density at radius 2 is 1.94 bits per heavy atom. The summed E-state index contributed by atoms with van der Waals surface area (Å²) in [5.74, 6) is 0. The number of nitrogens with zero attached hydrogens (tertiary/aromatic N) is 1. The minimum Gasteiger partial charge on any atom is -0.395 e. The highest BCUT2D eigenvalue weighted by molar-refractivity contribution is 7.80. The predicted octanol–water partition coefficient (Wildman–Crippen LogP) is -1.29. The van der Waals surface area contributed by atoms with Crippen molar-refractivity contribution in [3.05, 3.63) is 0 Å². The SMILES string of the molecule is CCOS(=O)(=O)O.OCCN1CCNCC1. The van der Waals surface area contributed by atoms with Crippen molar-refractivity contribution in [3.8, 4) is 0 Å². The van der Waals surface area contributed by atoms with Crippen molar-refractivity contribution in [2.24, 2.45) is 0 Å². The van der Waals surface area contributed by atoms with Gasteiger partial charge in [0.2, 0.25) is 0 Å². The summed E-state index contributed by atoms with van der Waals surface area (Å²) in [6.07, 6.45) is 0. The van der Waals surface area contributed by atoms with Crippen LogP contribution in [0.2, 0.25) is 0 Å². The predicted molar refractivity (Wildman–Crippen MR) is 59.6 cm³/mol. The summed E-state index contributed by atoms with van der Waals surface area (Å²) in [5, 5.41) is 11.8. The van der Waals surface area contributed by atoms with Crippen molar-refractivity contribution in [2.45, 2.75) is 6.92 Å². The van der Waals surface area contributed by atoms with E-state index in [0.29, 0.717) is 6.61 Å². The Hall–Kier alpha value is -0.250. The Bertz CT molecular complexity index is 248. The van der Waals surface area contributed by atoms with Crippen LogP contribution in [-0.2, 0) is 14.6 Å². The lowest BCUT2D eigenvalue weighted by atomic mass is 10.4. The van der Waals surface area contributed by atoms with E-state index in [1.54, 1.807) is 0 Å². The molecule has 1 heterocycles. The number of piperazine rings is 1. The lowest BCUT2D eigenvalue weighted by Crippen LogP contribution is -2.44. The molecule has 7 nitrogen and oxygen atoms in total. The van der Waals surface area contributed by atoms with Gasteiger partial charge in [-0.25, -0.2) is 4.18 Å². The van der Waals surface area contributed by atoms with Gasteiger partial charge in [0, 0.05) is 32.7 Å². The number of nitrogens with one attached hydrogen (secondary N) is 1. The summed E-state index contributed by atoms with van der Waals surface area (Å²) in [6.45, 7) is 6.87. The third-order valence-corrected chi connectivity index (χ3v) is 2.43. The lowest BCUT2D eigenvalue weighted by molar-refractivity contribution is 0.180. The first kappa shape index (κ1) is 15.8. The maximum Gasteiger partial charge on any atom is 0.397 e. The molecule has 0 bridgehead atoms. The van der Waals surface area contributed by atoms with Crippen molar-refractivity contribution in [2.75, 3.05) is 45.9 Å². The molecule has 1 fully saturated rings. The average Bonchev–Trinajstić information content (AvgIpc) is 2.19. The van der Waals surface area contributed by atoms with E-state index in [9.17, 15) is 8.42 Å². The van der Waals surface area contributed by atoms with Gasteiger partial charge in [-0.2, -0.15) is 8.42 Å². The van der Waals surface area contributed by atoms with Crippen LogP contribution < -0.4 is 5.32 Å². The molecule has 3 N–H and O–H groups in total. The van der Waals surface area contributed by atoms with Gasteiger partial charge >= 0.3 is 10.4 Å². The van der Waals surface area contributed by atoms with Crippen LogP contribution in [0.3, 0.4) is 0 Å². The van der Waals surface area contributed by atoms with Crippen LogP contribution in [0.25, 0.3) is 0 Å². The summed E-state index contributed by atoms with van der Waals surface area (Å²) in [5.41, 5.74) is 0. The van der Waals surface area contributed by atoms with Crippen LogP contribution in [0, 0.1) is 0 Å². The standard InChI is InChI=1S/C6H14N2O.C2H6O4S/c9-6-5-8-3-1-7-2-4-8;1-2-6-7(3,4)5/h7,9H,1-6H2;2H2,1H3,(H,3,4,5). The molecular weight excluding hydrogens is 236 g/mol. The normalized spacial score (nSPS) is 17.7. The van der Waals surface area contributed by atoms with Crippen LogP contribution >= 0.6 is 0 Å². The monoisotopic (exact) mass is 256 g/mol. The molecule has 0 amide bonds. The molecule has 1 rings (SSSR count). The van der Waals surface area contributed by atoms with Gasteiger partial charge in [0.25, 0.3) is 0 Å². The van der Waals surface area contributed by atoms with Gasteiger partial charge < -0.3 is 10.4 Å². The lowest BCUT2D eigenvalue weighted by Gasteiger charge is -2.25. The quantitative estimate of drug-likeness (QED) is 0.538. The molecule has 0 aromatic heterocycles. The number of hydrogen-bond donors (Lipinski definition) is 3. The number of β-amino-alcohol motifs (C(OH)–C–C–N with tert-alkyl or cyclic N) is 1. The van der Waals surface area contributed by atoms with Crippen molar-refractivity contribution < 1.29 is 22.3 Å².